The lowest BCUT2D eigenvalue weighted by atomic mass is 9.90. The minimum Gasteiger partial charge on any atom is -0.334 e. The molecule has 1 aliphatic rings. The smallest absolute Gasteiger partial charge is 0.313 e. The number of sulfonamides is 1. The largest absolute Gasteiger partial charge is 0.334 e. The molecule has 28 heavy (non-hydrogen) atoms. The van der Waals surface area contributed by atoms with Gasteiger partial charge in [0, 0.05) is 18.8 Å². The van der Waals surface area contributed by atoms with E-state index >= 15 is 0 Å². The zero-order valence-electron chi connectivity index (χ0n) is 15.4. The fourth-order valence-electron chi connectivity index (χ4n) is 3.34. The Balaban J connectivity index is 1.51. The maximum absolute atomic E-state index is 12.4. The number of benzene rings is 2. The van der Waals surface area contributed by atoms with Crippen molar-refractivity contribution in [2.45, 2.75) is 24.2 Å². The average molecular weight is 401 g/mol. The summed E-state index contributed by atoms with van der Waals surface area (Å²) in [6, 6.07) is 15.6. The molecule has 0 aliphatic carbocycles. The molecule has 0 unspecified atom stereocenters. The first-order chi connectivity index (χ1) is 13.3. The molecule has 1 heterocycles. The summed E-state index contributed by atoms with van der Waals surface area (Å²) < 4.78 is 22.5. The summed E-state index contributed by atoms with van der Waals surface area (Å²) >= 11 is 0. The molecule has 0 radical (unpaired) electrons. The van der Waals surface area contributed by atoms with Gasteiger partial charge in [0.1, 0.15) is 0 Å². The number of nitrogens with two attached hydrogens (primary N) is 1. The lowest BCUT2D eigenvalue weighted by molar-refractivity contribution is -0.144. The summed E-state index contributed by atoms with van der Waals surface area (Å²) in [4.78, 5) is 26.1. The van der Waals surface area contributed by atoms with Gasteiger partial charge in [0.15, 0.2) is 0 Å². The van der Waals surface area contributed by atoms with Gasteiger partial charge in [-0.2, -0.15) is 0 Å². The molecule has 3 N–H and O–H groups in total. The minimum atomic E-state index is -3.80. The zero-order valence-corrected chi connectivity index (χ0v) is 16.2. The number of primary sulfonamides is 1. The molecular weight excluding hydrogens is 378 g/mol. The molecule has 2 amide bonds. The predicted octanol–water partition coefficient (Wildman–Crippen LogP) is 1.75. The van der Waals surface area contributed by atoms with Crippen molar-refractivity contribution in [3.8, 4) is 0 Å². The van der Waals surface area contributed by atoms with Crippen LogP contribution < -0.4 is 10.5 Å². The van der Waals surface area contributed by atoms with E-state index in [1.165, 1.54) is 29.8 Å². The Hall–Kier alpha value is -2.71. The number of anilines is 1. The molecular formula is C20H23N3O4S. The van der Waals surface area contributed by atoms with Gasteiger partial charge in [-0.25, -0.2) is 13.6 Å². The molecule has 0 atom stereocenters. The van der Waals surface area contributed by atoms with E-state index < -0.39 is 21.8 Å². The summed E-state index contributed by atoms with van der Waals surface area (Å²) in [5.41, 5.74) is 1.62. The molecule has 8 heteroatoms. The van der Waals surface area contributed by atoms with E-state index in [4.69, 9.17) is 5.14 Å². The maximum Gasteiger partial charge on any atom is 0.313 e. The van der Waals surface area contributed by atoms with Crippen LogP contribution in [0.4, 0.5) is 5.69 Å². The Morgan fingerprint density at radius 3 is 2.18 bits per heavy atom. The summed E-state index contributed by atoms with van der Waals surface area (Å²) in [7, 11) is -3.80. The molecule has 1 fully saturated rings. The third kappa shape index (κ3) is 5.17. The molecule has 0 saturated carbocycles. The van der Waals surface area contributed by atoms with Crippen molar-refractivity contribution >= 4 is 27.5 Å². The van der Waals surface area contributed by atoms with Crippen LogP contribution in [0.2, 0.25) is 0 Å². The van der Waals surface area contributed by atoms with Crippen molar-refractivity contribution < 1.29 is 18.0 Å². The predicted molar refractivity (Wildman–Crippen MR) is 106 cm³/mol. The third-order valence-electron chi connectivity index (χ3n) is 4.90. The Kier molecular flexibility index (Phi) is 6.11. The monoisotopic (exact) mass is 401 g/mol. The Bertz CT molecular complexity index is 935. The van der Waals surface area contributed by atoms with Crippen LogP contribution in [0.25, 0.3) is 0 Å². The molecule has 1 saturated heterocycles. The summed E-state index contributed by atoms with van der Waals surface area (Å²) in [5.74, 6) is -0.807. The number of likely N-dealkylation sites (tertiary alicyclic amines) is 1. The highest BCUT2D eigenvalue weighted by atomic mass is 32.2. The second-order valence-electron chi connectivity index (χ2n) is 6.95. The number of rotatable bonds is 4. The molecule has 0 spiro atoms. The van der Waals surface area contributed by atoms with Crippen LogP contribution in [-0.2, 0) is 26.0 Å². The molecule has 2 aromatic rings. The summed E-state index contributed by atoms with van der Waals surface area (Å²) in [5, 5.41) is 7.54. The van der Waals surface area contributed by atoms with Gasteiger partial charge in [0.05, 0.1) is 4.90 Å². The topological polar surface area (TPSA) is 110 Å². The van der Waals surface area contributed by atoms with Gasteiger partial charge >= 0.3 is 11.8 Å². The fourth-order valence-corrected chi connectivity index (χ4v) is 3.86. The van der Waals surface area contributed by atoms with Crippen molar-refractivity contribution in [3.05, 3.63) is 60.2 Å². The summed E-state index contributed by atoms with van der Waals surface area (Å²) in [6.45, 7) is 1.10. The quantitative estimate of drug-likeness (QED) is 0.761. The Labute approximate surface area is 164 Å². The first kappa shape index (κ1) is 20.0. The van der Waals surface area contributed by atoms with Crippen LogP contribution >= 0.6 is 0 Å². The molecule has 2 aromatic carbocycles. The van der Waals surface area contributed by atoms with Gasteiger partial charge in [-0.1, -0.05) is 30.3 Å². The Morgan fingerprint density at radius 2 is 1.61 bits per heavy atom. The standard InChI is InChI=1S/C20H23N3O4S/c21-28(26,27)18-8-6-17(7-9-18)22-19(24)20(25)23-12-10-16(11-13-23)14-15-4-2-1-3-5-15/h1-9,16H,10-14H2,(H,22,24)(H2,21,26,27). The van der Waals surface area contributed by atoms with Crippen molar-refractivity contribution in [3.63, 3.8) is 0 Å². The SMILES string of the molecule is NS(=O)(=O)c1ccc(NC(=O)C(=O)N2CCC(Cc3ccccc3)CC2)cc1. The van der Waals surface area contributed by atoms with E-state index in [0.717, 1.165) is 19.3 Å². The fraction of sp³-hybridized carbons (Fsp3) is 0.300. The first-order valence-electron chi connectivity index (χ1n) is 9.10. The number of amides is 2. The number of nitrogens with zero attached hydrogens (tertiary/aromatic N) is 1. The highest BCUT2D eigenvalue weighted by Gasteiger charge is 2.27. The van der Waals surface area contributed by atoms with Gasteiger partial charge in [0.2, 0.25) is 10.0 Å². The Morgan fingerprint density at radius 1 is 1.00 bits per heavy atom. The van der Waals surface area contributed by atoms with Crippen molar-refractivity contribution in [1.29, 1.82) is 0 Å². The minimum absolute atomic E-state index is 0.0580. The van der Waals surface area contributed by atoms with Crippen molar-refractivity contribution in [1.82, 2.24) is 4.90 Å². The second-order valence-corrected chi connectivity index (χ2v) is 8.51. The van der Waals surface area contributed by atoms with Crippen LogP contribution in [0.5, 0.6) is 0 Å². The number of hydrogen-bond acceptors (Lipinski definition) is 4. The van der Waals surface area contributed by atoms with Crippen LogP contribution in [0.1, 0.15) is 18.4 Å². The van der Waals surface area contributed by atoms with Crippen LogP contribution in [-0.4, -0.2) is 38.2 Å². The number of hydrogen-bond donors (Lipinski definition) is 2. The van der Waals surface area contributed by atoms with E-state index in [0.29, 0.717) is 24.7 Å². The van der Waals surface area contributed by atoms with E-state index in [9.17, 15) is 18.0 Å². The lowest BCUT2D eigenvalue weighted by Gasteiger charge is -2.31. The molecule has 3 rings (SSSR count). The van der Waals surface area contributed by atoms with E-state index in [1.54, 1.807) is 4.90 Å². The van der Waals surface area contributed by atoms with Gasteiger partial charge in [0.25, 0.3) is 0 Å². The van der Waals surface area contributed by atoms with Crippen molar-refractivity contribution in [2.24, 2.45) is 11.1 Å². The third-order valence-corrected chi connectivity index (χ3v) is 5.83. The average Bonchev–Trinajstić information content (AvgIpc) is 2.68. The first-order valence-corrected chi connectivity index (χ1v) is 10.6. The van der Waals surface area contributed by atoms with Gasteiger partial charge < -0.3 is 10.2 Å². The maximum atomic E-state index is 12.4. The van der Waals surface area contributed by atoms with Crippen LogP contribution in [0.15, 0.2) is 59.5 Å². The molecule has 0 aromatic heterocycles. The van der Waals surface area contributed by atoms with Crippen LogP contribution in [0, 0.1) is 5.92 Å². The van der Waals surface area contributed by atoms with E-state index in [2.05, 4.69) is 17.4 Å². The number of piperidine rings is 1. The number of nitrogens with one attached hydrogen (secondary N) is 1. The number of carbonyl (C=O) groups excluding carboxylic acids is 2. The normalized spacial score (nSPS) is 15.2. The lowest BCUT2D eigenvalue weighted by Crippen LogP contribution is -2.44. The molecule has 7 nitrogen and oxygen atoms in total. The highest BCUT2D eigenvalue weighted by molar-refractivity contribution is 7.89. The van der Waals surface area contributed by atoms with Crippen molar-refractivity contribution in [2.75, 3.05) is 18.4 Å². The van der Waals surface area contributed by atoms with Gasteiger partial charge in [-0.15, -0.1) is 0 Å². The highest BCUT2D eigenvalue weighted by Crippen LogP contribution is 2.22. The molecule has 148 valence electrons. The number of carbonyl (C=O) groups is 2. The molecule has 1 aliphatic heterocycles. The van der Waals surface area contributed by atoms with E-state index in [-0.39, 0.29) is 4.90 Å². The second kappa shape index (κ2) is 8.53. The van der Waals surface area contributed by atoms with Gasteiger partial charge in [-0.05, 0) is 55.0 Å². The summed E-state index contributed by atoms with van der Waals surface area (Å²) in [6.07, 6.45) is 2.69. The zero-order chi connectivity index (χ0) is 20.1. The van der Waals surface area contributed by atoms with Crippen LogP contribution in [0.3, 0.4) is 0 Å². The van der Waals surface area contributed by atoms with Gasteiger partial charge in [-0.3, -0.25) is 9.59 Å². The van der Waals surface area contributed by atoms with E-state index in [1.807, 2.05) is 18.2 Å². The molecule has 0 bridgehead atoms.